The summed E-state index contributed by atoms with van der Waals surface area (Å²) in [6, 6.07) is 21.6. The van der Waals surface area contributed by atoms with E-state index in [1.54, 1.807) is 0 Å². The molecule has 3 aromatic carbocycles. The zero-order valence-electron chi connectivity index (χ0n) is 14.7. The van der Waals surface area contributed by atoms with Gasteiger partial charge in [0.25, 0.3) is 5.91 Å². The van der Waals surface area contributed by atoms with Crippen molar-refractivity contribution < 1.29 is 9.53 Å². The van der Waals surface area contributed by atoms with E-state index < -0.39 is 6.10 Å². The van der Waals surface area contributed by atoms with Crippen molar-refractivity contribution in [2.24, 2.45) is 0 Å². The van der Waals surface area contributed by atoms with Crippen molar-refractivity contribution in [1.29, 1.82) is 0 Å². The third-order valence-electron chi connectivity index (χ3n) is 4.29. The van der Waals surface area contributed by atoms with E-state index in [1.165, 1.54) is 0 Å². The number of ether oxygens (including phenoxy) is 1. The number of fused-ring (bicyclic) bond motifs is 1. The van der Waals surface area contributed by atoms with Gasteiger partial charge in [-0.25, -0.2) is 0 Å². The van der Waals surface area contributed by atoms with Crippen LogP contribution in [0.25, 0.3) is 10.8 Å². The van der Waals surface area contributed by atoms with Crippen molar-refractivity contribution in [2.75, 3.05) is 6.54 Å². The number of carbonyl (C=O) groups is 1. The van der Waals surface area contributed by atoms with Crippen LogP contribution in [0.5, 0.6) is 5.75 Å². The predicted molar refractivity (Wildman–Crippen MR) is 107 cm³/mol. The number of carbonyl (C=O) groups excluding carboxylic acids is 1. The van der Waals surface area contributed by atoms with Crippen LogP contribution in [0.3, 0.4) is 0 Å². The molecular weight excluding hydrogens is 346 g/mol. The van der Waals surface area contributed by atoms with Crippen molar-refractivity contribution in [3.05, 3.63) is 77.3 Å². The maximum Gasteiger partial charge on any atom is 0.261 e. The molecule has 0 saturated carbocycles. The number of hydrogen-bond donors (Lipinski definition) is 1. The van der Waals surface area contributed by atoms with Gasteiger partial charge in [0.15, 0.2) is 6.10 Å². The summed E-state index contributed by atoms with van der Waals surface area (Å²) in [6.07, 6.45) is 0.871. The second-order valence-electron chi connectivity index (χ2n) is 6.19. The Morgan fingerprint density at radius 3 is 2.50 bits per heavy atom. The van der Waals surface area contributed by atoms with Gasteiger partial charge in [-0.15, -0.1) is 0 Å². The van der Waals surface area contributed by atoms with E-state index in [0.717, 1.165) is 22.8 Å². The lowest BCUT2D eigenvalue weighted by Crippen LogP contribution is -2.38. The molecule has 26 heavy (non-hydrogen) atoms. The summed E-state index contributed by atoms with van der Waals surface area (Å²) in [5, 5.41) is 5.93. The lowest BCUT2D eigenvalue weighted by molar-refractivity contribution is -0.128. The average molecular weight is 368 g/mol. The third kappa shape index (κ3) is 4.77. The van der Waals surface area contributed by atoms with Crippen molar-refractivity contribution in [1.82, 2.24) is 5.32 Å². The van der Waals surface area contributed by atoms with E-state index in [0.29, 0.717) is 23.7 Å². The normalized spacial score (nSPS) is 11.9. The van der Waals surface area contributed by atoms with E-state index in [2.05, 4.69) is 11.4 Å². The maximum atomic E-state index is 12.4. The molecule has 0 aliphatic carbocycles. The van der Waals surface area contributed by atoms with Gasteiger partial charge in [-0.1, -0.05) is 61.0 Å². The SMILES string of the molecule is CC[C@H](Oc1ccc2ccccc2c1)C(=O)NCCc1ccc(Cl)cc1. The van der Waals surface area contributed by atoms with Crippen LogP contribution in [-0.4, -0.2) is 18.6 Å². The first-order valence-electron chi connectivity index (χ1n) is 8.83. The molecule has 0 aliphatic heterocycles. The fourth-order valence-corrected chi connectivity index (χ4v) is 2.95. The molecule has 0 heterocycles. The summed E-state index contributed by atoms with van der Waals surface area (Å²) in [5.41, 5.74) is 1.14. The van der Waals surface area contributed by atoms with Crippen LogP contribution >= 0.6 is 11.6 Å². The maximum absolute atomic E-state index is 12.4. The van der Waals surface area contributed by atoms with Gasteiger partial charge in [0.05, 0.1) is 0 Å². The molecule has 134 valence electrons. The van der Waals surface area contributed by atoms with Gasteiger partial charge >= 0.3 is 0 Å². The molecule has 0 bridgehead atoms. The fourth-order valence-electron chi connectivity index (χ4n) is 2.82. The van der Waals surface area contributed by atoms with Crippen LogP contribution in [0.2, 0.25) is 5.02 Å². The molecule has 0 aliphatic rings. The molecule has 1 atom stereocenters. The van der Waals surface area contributed by atoms with Gasteiger partial charge in [0.1, 0.15) is 5.75 Å². The van der Waals surface area contributed by atoms with Crippen molar-refractivity contribution >= 4 is 28.3 Å². The van der Waals surface area contributed by atoms with Crippen LogP contribution in [-0.2, 0) is 11.2 Å². The topological polar surface area (TPSA) is 38.3 Å². The minimum Gasteiger partial charge on any atom is -0.481 e. The minimum atomic E-state index is -0.499. The van der Waals surface area contributed by atoms with Gasteiger partial charge in [-0.3, -0.25) is 4.79 Å². The van der Waals surface area contributed by atoms with Crippen molar-refractivity contribution in [3.8, 4) is 5.75 Å². The first-order chi connectivity index (χ1) is 12.7. The Kier molecular flexibility index (Phi) is 6.13. The summed E-state index contributed by atoms with van der Waals surface area (Å²) >= 11 is 5.88. The lowest BCUT2D eigenvalue weighted by atomic mass is 10.1. The molecule has 4 heteroatoms. The Morgan fingerprint density at radius 2 is 1.77 bits per heavy atom. The van der Waals surface area contributed by atoms with Crippen molar-refractivity contribution in [3.63, 3.8) is 0 Å². The number of amides is 1. The molecule has 0 aromatic heterocycles. The Balaban J connectivity index is 1.56. The number of rotatable bonds is 7. The Labute approximate surface area is 158 Å². The van der Waals surface area contributed by atoms with Crippen LogP contribution in [0, 0.1) is 0 Å². The Bertz CT molecular complexity index is 877. The van der Waals surface area contributed by atoms with Crippen LogP contribution in [0.4, 0.5) is 0 Å². The van der Waals surface area contributed by atoms with Gasteiger partial charge in [-0.2, -0.15) is 0 Å². The highest BCUT2D eigenvalue weighted by atomic mass is 35.5. The van der Waals surface area contributed by atoms with Gasteiger partial charge in [-0.05, 0) is 53.4 Å². The number of benzene rings is 3. The molecule has 0 radical (unpaired) electrons. The molecule has 1 amide bonds. The standard InChI is InChI=1S/C22H22ClNO2/c1-2-21(22(25)24-14-13-16-7-10-19(23)11-8-16)26-20-12-9-17-5-3-4-6-18(17)15-20/h3-12,15,21H,2,13-14H2,1H3,(H,24,25)/t21-/m0/s1. The molecular formula is C22H22ClNO2. The molecule has 0 unspecified atom stereocenters. The van der Waals surface area contributed by atoms with E-state index in [1.807, 2.05) is 67.6 Å². The van der Waals surface area contributed by atoms with E-state index in [9.17, 15) is 4.79 Å². The summed E-state index contributed by atoms with van der Waals surface area (Å²) < 4.78 is 5.92. The molecule has 0 spiro atoms. The second kappa shape index (κ2) is 8.72. The van der Waals surface area contributed by atoms with E-state index in [-0.39, 0.29) is 5.91 Å². The second-order valence-corrected chi connectivity index (χ2v) is 6.63. The summed E-state index contributed by atoms with van der Waals surface area (Å²) in [5.74, 6) is 0.623. The third-order valence-corrected chi connectivity index (χ3v) is 4.54. The van der Waals surface area contributed by atoms with Crippen LogP contribution < -0.4 is 10.1 Å². The minimum absolute atomic E-state index is 0.0883. The van der Waals surface area contributed by atoms with Crippen LogP contribution in [0.15, 0.2) is 66.7 Å². The quantitative estimate of drug-likeness (QED) is 0.637. The molecule has 3 aromatic rings. The van der Waals surface area contributed by atoms with Crippen LogP contribution in [0.1, 0.15) is 18.9 Å². The first kappa shape index (κ1) is 18.3. The van der Waals surface area contributed by atoms with Gasteiger partial charge in [0, 0.05) is 11.6 Å². The largest absolute Gasteiger partial charge is 0.481 e. The Hall–Kier alpha value is -2.52. The fraction of sp³-hybridized carbons (Fsp3) is 0.227. The summed E-state index contributed by atoms with van der Waals surface area (Å²) in [7, 11) is 0. The number of hydrogen-bond acceptors (Lipinski definition) is 2. The predicted octanol–water partition coefficient (Wildman–Crippen LogP) is 5.01. The van der Waals surface area contributed by atoms with E-state index in [4.69, 9.17) is 16.3 Å². The number of nitrogens with one attached hydrogen (secondary N) is 1. The monoisotopic (exact) mass is 367 g/mol. The average Bonchev–Trinajstić information content (AvgIpc) is 2.67. The van der Waals surface area contributed by atoms with E-state index >= 15 is 0 Å². The zero-order valence-corrected chi connectivity index (χ0v) is 15.5. The molecule has 0 saturated heterocycles. The highest BCUT2D eigenvalue weighted by molar-refractivity contribution is 6.30. The van der Waals surface area contributed by atoms with Gasteiger partial charge in [0.2, 0.25) is 0 Å². The smallest absolute Gasteiger partial charge is 0.261 e. The van der Waals surface area contributed by atoms with Crippen molar-refractivity contribution in [2.45, 2.75) is 25.9 Å². The summed E-state index contributed by atoms with van der Waals surface area (Å²) in [6.45, 7) is 2.52. The summed E-state index contributed by atoms with van der Waals surface area (Å²) in [4.78, 5) is 12.4. The highest BCUT2D eigenvalue weighted by Gasteiger charge is 2.18. The van der Waals surface area contributed by atoms with Gasteiger partial charge < -0.3 is 10.1 Å². The lowest BCUT2D eigenvalue weighted by Gasteiger charge is -2.17. The molecule has 1 N–H and O–H groups in total. The molecule has 3 rings (SSSR count). The zero-order chi connectivity index (χ0) is 18.4. The highest BCUT2D eigenvalue weighted by Crippen LogP contribution is 2.22. The molecule has 0 fully saturated rings. The Morgan fingerprint density at radius 1 is 1.04 bits per heavy atom. The number of halogens is 1. The first-order valence-corrected chi connectivity index (χ1v) is 9.21. The molecule has 3 nitrogen and oxygen atoms in total.